The van der Waals surface area contributed by atoms with Gasteiger partial charge in [-0.25, -0.2) is 4.98 Å². The van der Waals surface area contributed by atoms with E-state index in [9.17, 15) is 9.59 Å². The number of halogens is 1. The van der Waals surface area contributed by atoms with Crippen molar-refractivity contribution in [2.45, 2.75) is 32.6 Å². The van der Waals surface area contributed by atoms with Gasteiger partial charge in [-0.3, -0.25) is 9.59 Å². The molecule has 0 fully saturated rings. The minimum atomic E-state index is -0.667. The van der Waals surface area contributed by atoms with Crippen molar-refractivity contribution in [2.75, 3.05) is 32.1 Å². The third-order valence-corrected chi connectivity index (χ3v) is 4.21. The maximum atomic E-state index is 12.1. The summed E-state index contributed by atoms with van der Waals surface area (Å²) in [5.41, 5.74) is 0.891. The lowest BCUT2D eigenvalue weighted by molar-refractivity contribution is -0.134. The van der Waals surface area contributed by atoms with Crippen LogP contribution in [0.4, 0.5) is 5.13 Å². The highest BCUT2D eigenvalue weighted by Gasteiger charge is 2.21. The molecule has 1 unspecified atom stereocenters. The molecule has 8 heteroatoms. The first-order valence-corrected chi connectivity index (χ1v) is 8.26. The summed E-state index contributed by atoms with van der Waals surface area (Å²) in [6.07, 6.45) is 0.647. The lowest BCUT2D eigenvalue weighted by Gasteiger charge is -2.23. The van der Waals surface area contributed by atoms with Crippen molar-refractivity contribution < 1.29 is 14.3 Å². The van der Waals surface area contributed by atoms with Crippen LogP contribution < -0.4 is 5.32 Å². The summed E-state index contributed by atoms with van der Waals surface area (Å²) in [7, 11) is 1.59. The van der Waals surface area contributed by atoms with Gasteiger partial charge in [-0.15, -0.1) is 22.9 Å². The molecule has 0 saturated carbocycles. The average molecular weight is 348 g/mol. The Hall–Kier alpha value is -1.18. The molecule has 0 spiro atoms. The number of nitrogens with zero attached hydrogens (tertiary/aromatic N) is 2. The highest BCUT2D eigenvalue weighted by Crippen LogP contribution is 2.20. The Morgan fingerprint density at radius 3 is 2.64 bits per heavy atom. The van der Waals surface area contributed by atoms with Crippen LogP contribution in [0.15, 0.2) is 0 Å². The number of carbonyl (C=O) groups is 2. The van der Waals surface area contributed by atoms with Gasteiger partial charge in [-0.1, -0.05) is 0 Å². The van der Waals surface area contributed by atoms with Gasteiger partial charge >= 0.3 is 0 Å². The molecule has 0 saturated heterocycles. The summed E-state index contributed by atoms with van der Waals surface area (Å²) >= 11 is 7.25. The SMILES string of the molecule is COCCCN(CC(=O)Nc1nc(C)c(C)s1)C(=O)C(C)Cl. The molecule has 1 rings (SSSR count). The van der Waals surface area contributed by atoms with Crippen molar-refractivity contribution in [2.24, 2.45) is 0 Å². The van der Waals surface area contributed by atoms with Crippen molar-refractivity contribution in [3.8, 4) is 0 Å². The van der Waals surface area contributed by atoms with Crippen LogP contribution in [-0.2, 0) is 14.3 Å². The van der Waals surface area contributed by atoms with Crippen LogP contribution in [0.3, 0.4) is 0 Å². The number of anilines is 1. The van der Waals surface area contributed by atoms with E-state index in [1.165, 1.54) is 16.2 Å². The number of hydrogen-bond donors (Lipinski definition) is 1. The Kier molecular flexibility index (Phi) is 7.78. The van der Waals surface area contributed by atoms with Crippen molar-refractivity contribution in [3.63, 3.8) is 0 Å². The van der Waals surface area contributed by atoms with Gasteiger partial charge < -0.3 is 15.0 Å². The third kappa shape index (κ3) is 5.90. The van der Waals surface area contributed by atoms with E-state index in [1.807, 2.05) is 13.8 Å². The van der Waals surface area contributed by atoms with E-state index in [4.69, 9.17) is 16.3 Å². The lowest BCUT2D eigenvalue weighted by Crippen LogP contribution is -2.42. The zero-order chi connectivity index (χ0) is 16.7. The minimum Gasteiger partial charge on any atom is -0.385 e. The summed E-state index contributed by atoms with van der Waals surface area (Å²) in [5.74, 6) is -0.545. The molecule has 22 heavy (non-hydrogen) atoms. The highest BCUT2D eigenvalue weighted by atomic mass is 35.5. The average Bonchev–Trinajstić information content (AvgIpc) is 2.75. The quantitative estimate of drug-likeness (QED) is 0.578. The van der Waals surface area contributed by atoms with E-state index < -0.39 is 5.38 Å². The van der Waals surface area contributed by atoms with E-state index in [1.54, 1.807) is 14.0 Å². The topological polar surface area (TPSA) is 71.5 Å². The second kappa shape index (κ2) is 9.07. The molecule has 1 aromatic heterocycles. The Morgan fingerprint density at radius 1 is 1.45 bits per heavy atom. The number of aryl methyl sites for hydroxylation is 2. The molecule has 0 bridgehead atoms. The highest BCUT2D eigenvalue weighted by molar-refractivity contribution is 7.15. The van der Waals surface area contributed by atoms with E-state index >= 15 is 0 Å². The Balaban J connectivity index is 2.62. The van der Waals surface area contributed by atoms with Crippen molar-refractivity contribution in [1.82, 2.24) is 9.88 Å². The molecule has 0 aromatic carbocycles. The van der Waals surface area contributed by atoms with Crippen molar-refractivity contribution in [3.05, 3.63) is 10.6 Å². The Bertz CT molecular complexity index is 500. The van der Waals surface area contributed by atoms with Crippen LogP contribution >= 0.6 is 22.9 Å². The van der Waals surface area contributed by atoms with E-state index in [2.05, 4.69) is 10.3 Å². The molecule has 124 valence electrons. The predicted octanol–water partition coefficient (Wildman–Crippen LogP) is 2.19. The van der Waals surface area contributed by atoms with Crippen molar-refractivity contribution in [1.29, 1.82) is 0 Å². The molecule has 1 atom stereocenters. The van der Waals surface area contributed by atoms with Crippen LogP contribution in [0.1, 0.15) is 23.9 Å². The Labute approximate surface area is 139 Å². The third-order valence-electron chi connectivity index (χ3n) is 3.04. The fourth-order valence-corrected chi connectivity index (χ4v) is 2.75. The fraction of sp³-hybridized carbons (Fsp3) is 0.643. The molecule has 1 heterocycles. The second-order valence-corrected chi connectivity index (χ2v) is 6.79. The van der Waals surface area contributed by atoms with E-state index in [0.717, 1.165) is 10.6 Å². The molecule has 0 radical (unpaired) electrons. The molecule has 6 nitrogen and oxygen atoms in total. The number of rotatable bonds is 8. The summed E-state index contributed by atoms with van der Waals surface area (Å²) in [4.78, 5) is 30.9. The number of thiazole rings is 1. The number of aromatic nitrogens is 1. The number of amides is 2. The largest absolute Gasteiger partial charge is 0.385 e. The van der Waals surface area contributed by atoms with Gasteiger partial charge in [0.1, 0.15) is 5.38 Å². The van der Waals surface area contributed by atoms with Crippen molar-refractivity contribution >= 4 is 39.9 Å². The van der Waals surface area contributed by atoms with Gasteiger partial charge in [0.15, 0.2) is 5.13 Å². The summed E-state index contributed by atoms with van der Waals surface area (Å²) < 4.78 is 4.97. The van der Waals surface area contributed by atoms with E-state index in [0.29, 0.717) is 24.7 Å². The van der Waals surface area contributed by atoms with Crippen LogP contribution in [-0.4, -0.2) is 53.9 Å². The molecular weight excluding hydrogens is 326 g/mol. The standard InChI is InChI=1S/C14H22ClN3O3S/c1-9(15)13(20)18(6-5-7-21-4)8-12(19)17-14-16-10(2)11(3)22-14/h9H,5-8H2,1-4H3,(H,16,17,19). The molecule has 2 amide bonds. The molecular formula is C14H22ClN3O3S. The van der Waals surface area contributed by atoms with Gasteiger partial charge in [-0.2, -0.15) is 0 Å². The number of ether oxygens (including phenoxy) is 1. The number of alkyl halides is 1. The maximum absolute atomic E-state index is 12.1. The number of hydrogen-bond acceptors (Lipinski definition) is 5. The van der Waals surface area contributed by atoms with E-state index in [-0.39, 0.29) is 18.4 Å². The zero-order valence-corrected chi connectivity index (χ0v) is 14.9. The molecule has 1 aromatic rings. The molecule has 0 aliphatic carbocycles. The number of methoxy groups -OCH3 is 1. The first kappa shape index (κ1) is 18.9. The summed E-state index contributed by atoms with van der Waals surface area (Å²) in [6, 6.07) is 0. The zero-order valence-electron chi connectivity index (χ0n) is 13.3. The molecule has 0 aliphatic heterocycles. The summed E-state index contributed by atoms with van der Waals surface area (Å²) in [5, 5.41) is 2.60. The predicted molar refractivity (Wildman–Crippen MR) is 88.6 cm³/mol. The van der Waals surface area contributed by atoms with Gasteiger partial charge in [0, 0.05) is 25.1 Å². The first-order valence-electron chi connectivity index (χ1n) is 7.00. The number of carbonyl (C=O) groups excluding carboxylic acids is 2. The minimum absolute atomic E-state index is 0.0444. The molecule has 1 N–H and O–H groups in total. The summed E-state index contributed by atoms with van der Waals surface area (Å²) in [6.45, 7) is 6.33. The normalized spacial score (nSPS) is 12.0. The maximum Gasteiger partial charge on any atom is 0.245 e. The van der Waals surface area contributed by atoms with Gasteiger partial charge in [0.2, 0.25) is 11.8 Å². The second-order valence-electron chi connectivity index (χ2n) is 4.93. The lowest BCUT2D eigenvalue weighted by atomic mass is 10.3. The number of nitrogens with one attached hydrogen (secondary N) is 1. The monoisotopic (exact) mass is 347 g/mol. The first-order chi connectivity index (χ1) is 10.3. The van der Waals surface area contributed by atoms with Gasteiger partial charge in [-0.05, 0) is 27.2 Å². The smallest absolute Gasteiger partial charge is 0.245 e. The molecule has 0 aliphatic rings. The van der Waals surface area contributed by atoms with Gasteiger partial charge in [0.25, 0.3) is 0 Å². The van der Waals surface area contributed by atoms with Crippen LogP contribution in [0.2, 0.25) is 0 Å². The van der Waals surface area contributed by atoms with Crippen LogP contribution in [0, 0.1) is 13.8 Å². The van der Waals surface area contributed by atoms with Crippen LogP contribution in [0.25, 0.3) is 0 Å². The Morgan fingerprint density at radius 2 is 2.14 bits per heavy atom. The fourth-order valence-electron chi connectivity index (χ4n) is 1.78. The van der Waals surface area contributed by atoms with Crippen LogP contribution in [0.5, 0.6) is 0 Å². The van der Waals surface area contributed by atoms with Gasteiger partial charge in [0.05, 0.1) is 12.2 Å².